The quantitative estimate of drug-likeness (QED) is 0.897. The van der Waals surface area contributed by atoms with Crippen LogP contribution < -0.4 is 0 Å². The third kappa shape index (κ3) is 2.27. The van der Waals surface area contributed by atoms with Gasteiger partial charge in [-0.1, -0.05) is 31.2 Å². The molecule has 5 heteroatoms. The number of benzene rings is 1. The molecule has 0 spiro atoms. The Labute approximate surface area is 107 Å². The lowest BCUT2D eigenvalue weighted by Crippen LogP contribution is -2.10. The summed E-state index contributed by atoms with van der Waals surface area (Å²) in [4.78, 5) is 11.1. The number of aliphatic carboxylic acids is 1. The first-order chi connectivity index (χ1) is 8.36. The zero-order valence-electron chi connectivity index (χ0n) is 10.3. The minimum atomic E-state index is -3.32. The summed E-state index contributed by atoms with van der Waals surface area (Å²) in [5.74, 6) is -2.23. The Morgan fingerprint density at radius 3 is 2.17 bits per heavy atom. The summed E-state index contributed by atoms with van der Waals surface area (Å²) >= 11 is 0. The van der Waals surface area contributed by atoms with Crippen molar-refractivity contribution in [3.8, 4) is 0 Å². The van der Waals surface area contributed by atoms with E-state index >= 15 is 0 Å². The zero-order chi connectivity index (χ0) is 13.5. The lowest BCUT2D eigenvalue weighted by molar-refractivity contribution is -0.138. The van der Waals surface area contributed by atoms with Gasteiger partial charge in [-0.15, -0.1) is 0 Å². The molecule has 0 amide bonds. The third-order valence-corrected chi connectivity index (χ3v) is 5.08. The SMILES string of the molecule is CCc1ccc([C@@H]2[C@@H](C(=O)O)[C@@H]2S(C)(=O)=O)cc1. The molecule has 1 aromatic rings. The molecule has 1 aromatic carbocycles. The molecule has 1 saturated carbocycles. The fraction of sp³-hybridized carbons (Fsp3) is 0.462. The van der Waals surface area contributed by atoms with E-state index in [2.05, 4.69) is 0 Å². The predicted molar refractivity (Wildman–Crippen MR) is 68.3 cm³/mol. The number of hydrogen-bond donors (Lipinski definition) is 1. The fourth-order valence-electron chi connectivity index (χ4n) is 2.48. The van der Waals surface area contributed by atoms with Crippen LogP contribution in [0.25, 0.3) is 0 Å². The van der Waals surface area contributed by atoms with Crippen LogP contribution in [0.4, 0.5) is 0 Å². The lowest BCUT2D eigenvalue weighted by atomic mass is 10.1. The molecule has 0 heterocycles. The van der Waals surface area contributed by atoms with Crippen molar-refractivity contribution in [2.45, 2.75) is 24.5 Å². The fourth-order valence-corrected chi connectivity index (χ4v) is 4.07. The molecule has 2 rings (SSSR count). The summed E-state index contributed by atoms with van der Waals surface area (Å²) in [5.41, 5.74) is 1.96. The normalized spacial score (nSPS) is 26.9. The Bertz CT molecular complexity index is 559. The van der Waals surface area contributed by atoms with Crippen molar-refractivity contribution in [3.05, 3.63) is 35.4 Å². The molecule has 1 aliphatic rings. The highest BCUT2D eigenvalue weighted by Crippen LogP contribution is 2.52. The number of carboxylic acids is 1. The van der Waals surface area contributed by atoms with E-state index < -0.39 is 32.9 Å². The van der Waals surface area contributed by atoms with Gasteiger partial charge in [-0.2, -0.15) is 0 Å². The largest absolute Gasteiger partial charge is 0.481 e. The monoisotopic (exact) mass is 268 g/mol. The van der Waals surface area contributed by atoms with Crippen LogP contribution >= 0.6 is 0 Å². The summed E-state index contributed by atoms with van der Waals surface area (Å²) in [6.07, 6.45) is 2.01. The molecular weight excluding hydrogens is 252 g/mol. The van der Waals surface area contributed by atoms with Crippen LogP contribution in [-0.2, 0) is 21.1 Å². The van der Waals surface area contributed by atoms with Gasteiger partial charge in [0.25, 0.3) is 0 Å². The summed E-state index contributed by atoms with van der Waals surface area (Å²) in [6.45, 7) is 2.03. The second-order valence-electron chi connectivity index (χ2n) is 4.78. The van der Waals surface area contributed by atoms with Crippen LogP contribution in [0.2, 0.25) is 0 Å². The van der Waals surface area contributed by atoms with Crippen LogP contribution in [0.1, 0.15) is 24.0 Å². The van der Waals surface area contributed by atoms with Crippen molar-refractivity contribution in [2.75, 3.05) is 6.26 Å². The van der Waals surface area contributed by atoms with E-state index in [0.717, 1.165) is 23.8 Å². The number of hydrogen-bond acceptors (Lipinski definition) is 3. The highest BCUT2D eigenvalue weighted by molar-refractivity contribution is 7.91. The van der Waals surface area contributed by atoms with Gasteiger partial charge in [0, 0.05) is 12.2 Å². The van der Waals surface area contributed by atoms with E-state index in [0.29, 0.717) is 0 Å². The number of carboxylic acid groups (broad SMARTS) is 1. The highest BCUT2D eigenvalue weighted by Gasteiger charge is 2.61. The van der Waals surface area contributed by atoms with Crippen LogP contribution in [0, 0.1) is 5.92 Å². The molecule has 3 atom stereocenters. The Hall–Kier alpha value is -1.36. The number of rotatable bonds is 4. The van der Waals surface area contributed by atoms with E-state index in [-0.39, 0.29) is 0 Å². The average molecular weight is 268 g/mol. The first kappa shape index (κ1) is 13.1. The van der Waals surface area contributed by atoms with Crippen molar-refractivity contribution < 1.29 is 18.3 Å². The Balaban J connectivity index is 2.30. The van der Waals surface area contributed by atoms with Gasteiger partial charge >= 0.3 is 5.97 Å². The van der Waals surface area contributed by atoms with Gasteiger partial charge in [0.05, 0.1) is 11.2 Å². The first-order valence-electron chi connectivity index (χ1n) is 5.86. The minimum absolute atomic E-state index is 0.400. The molecule has 98 valence electrons. The smallest absolute Gasteiger partial charge is 0.308 e. The summed E-state index contributed by atoms with van der Waals surface area (Å²) < 4.78 is 23.1. The van der Waals surface area contributed by atoms with Gasteiger partial charge in [0.2, 0.25) is 0 Å². The molecule has 4 nitrogen and oxygen atoms in total. The molecule has 1 fully saturated rings. The van der Waals surface area contributed by atoms with Crippen molar-refractivity contribution in [2.24, 2.45) is 5.92 Å². The molecule has 0 bridgehead atoms. The van der Waals surface area contributed by atoms with E-state index in [9.17, 15) is 13.2 Å². The molecule has 0 unspecified atom stereocenters. The summed E-state index contributed by atoms with van der Waals surface area (Å²) in [5, 5.41) is 8.28. The number of aryl methyl sites for hydroxylation is 1. The van der Waals surface area contributed by atoms with Gasteiger partial charge < -0.3 is 5.11 Å². The van der Waals surface area contributed by atoms with Gasteiger partial charge in [-0.05, 0) is 17.5 Å². The molecule has 0 aliphatic heterocycles. The number of sulfone groups is 1. The van der Waals surface area contributed by atoms with Crippen molar-refractivity contribution >= 4 is 15.8 Å². The highest BCUT2D eigenvalue weighted by atomic mass is 32.2. The summed E-state index contributed by atoms with van der Waals surface area (Å²) in [7, 11) is -3.32. The van der Waals surface area contributed by atoms with Crippen molar-refractivity contribution in [3.63, 3.8) is 0 Å². The number of carbonyl (C=O) groups is 1. The van der Waals surface area contributed by atoms with Gasteiger partial charge in [-0.25, -0.2) is 8.42 Å². The molecule has 1 N–H and O–H groups in total. The maximum atomic E-state index is 11.6. The van der Waals surface area contributed by atoms with Crippen molar-refractivity contribution in [1.29, 1.82) is 0 Å². The van der Waals surface area contributed by atoms with Crippen LogP contribution in [0.15, 0.2) is 24.3 Å². The molecule has 1 aliphatic carbocycles. The standard InChI is InChI=1S/C13H16O4S/c1-3-8-4-6-9(7-5-8)10-11(13(14)15)12(10)18(2,16)17/h4-7,10-12H,3H2,1-2H3,(H,14,15)/t10-,11-,12-/m1/s1. The van der Waals surface area contributed by atoms with Crippen LogP contribution in [-0.4, -0.2) is 31.0 Å². The second kappa shape index (κ2) is 4.39. The van der Waals surface area contributed by atoms with E-state index in [4.69, 9.17) is 5.11 Å². The van der Waals surface area contributed by atoms with Crippen LogP contribution in [0.3, 0.4) is 0 Å². The Morgan fingerprint density at radius 1 is 1.28 bits per heavy atom. The van der Waals surface area contributed by atoms with Gasteiger partial charge in [0.1, 0.15) is 0 Å². The van der Waals surface area contributed by atoms with Gasteiger partial charge in [-0.3, -0.25) is 4.79 Å². The van der Waals surface area contributed by atoms with Crippen LogP contribution in [0.5, 0.6) is 0 Å². The first-order valence-corrected chi connectivity index (χ1v) is 7.82. The van der Waals surface area contributed by atoms with E-state index in [1.165, 1.54) is 0 Å². The lowest BCUT2D eigenvalue weighted by Gasteiger charge is -2.01. The van der Waals surface area contributed by atoms with Gasteiger partial charge in [0.15, 0.2) is 9.84 Å². The molecule has 18 heavy (non-hydrogen) atoms. The maximum absolute atomic E-state index is 11.6. The van der Waals surface area contributed by atoms with E-state index in [1.807, 2.05) is 31.2 Å². The second-order valence-corrected chi connectivity index (χ2v) is 6.98. The zero-order valence-corrected chi connectivity index (χ0v) is 11.1. The molecule has 0 aromatic heterocycles. The third-order valence-electron chi connectivity index (χ3n) is 3.51. The molecule has 0 radical (unpaired) electrons. The predicted octanol–water partition coefficient (Wildman–Crippen LogP) is 1.46. The Morgan fingerprint density at radius 2 is 1.83 bits per heavy atom. The minimum Gasteiger partial charge on any atom is -0.481 e. The van der Waals surface area contributed by atoms with E-state index in [1.54, 1.807) is 0 Å². The molecular formula is C13H16O4S. The topological polar surface area (TPSA) is 71.4 Å². The summed E-state index contributed by atoms with van der Waals surface area (Å²) in [6, 6.07) is 7.52. The Kier molecular flexibility index (Phi) is 3.19. The average Bonchev–Trinajstić information content (AvgIpc) is 3.04. The molecule has 0 saturated heterocycles. The van der Waals surface area contributed by atoms with Crippen molar-refractivity contribution in [1.82, 2.24) is 0 Å². The maximum Gasteiger partial charge on any atom is 0.308 e.